The molecule has 29 heavy (non-hydrogen) atoms. The lowest BCUT2D eigenvalue weighted by molar-refractivity contribution is -0.132. The second-order valence-electron chi connectivity index (χ2n) is 7.49. The van der Waals surface area contributed by atoms with Crippen molar-refractivity contribution in [3.8, 4) is 0 Å². The zero-order valence-corrected chi connectivity index (χ0v) is 17.1. The zero-order chi connectivity index (χ0) is 20.5. The molecule has 154 valence electrons. The first kappa shape index (κ1) is 20.9. The molecule has 0 bridgehead atoms. The van der Waals surface area contributed by atoms with Crippen LogP contribution in [0, 0.1) is 5.92 Å². The fourth-order valence-electron chi connectivity index (χ4n) is 3.74. The first-order chi connectivity index (χ1) is 14.2. The number of nitrogens with zero attached hydrogens (tertiary/aromatic N) is 1. The van der Waals surface area contributed by atoms with Crippen LogP contribution in [0.2, 0.25) is 0 Å². The third-order valence-electron chi connectivity index (χ3n) is 5.40. The van der Waals surface area contributed by atoms with E-state index in [4.69, 9.17) is 4.74 Å². The predicted molar refractivity (Wildman–Crippen MR) is 115 cm³/mol. The molecule has 1 saturated heterocycles. The van der Waals surface area contributed by atoms with E-state index in [1.165, 1.54) is 5.56 Å². The number of likely N-dealkylation sites (tertiary alicyclic amines) is 1. The predicted octanol–water partition coefficient (Wildman–Crippen LogP) is 4.15. The Morgan fingerprint density at radius 1 is 1.03 bits per heavy atom. The number of nitrogens with one attached hydrogen (secondary N) is 1. The molecule has 1 amide bonds. The molecule has 2 aromatic rings. The number of esters is 1. The van der Waals surface area contributed by atoms with Crippen LogP contribution in [0.4, 0.5) is 5.69 Å². The third kappa shape index (κ3) is 6.34. The van der Waals surface area contributed by atoms with Crippen molar-refractivity contribution in [3.63, 3.8) is 0 Å². The van der Waals surface area contributed by atoms with Crippen LogP contribution < -0.4 is 5.32 Å². The molecule has 1 aliphatic rings. The second-order valence-corrected chi connectivity index (χ2v) is 7.49. The summed E-state index contributed by atoms with van der Waals surface area (Å²) >= 11 is 0. The molecular formula is C24H30N2O3. The van der Waals surface area contributed by atoms with Crippen molar-refractivity contribution in [1.29, 1.82) is 0 Å². The number of hydrogen-bond acceptors (Lipinski definition) is 4. The number of rotatable bonds is 8. The minimum Gasteiger partial charge on any atom is -0.462 e. The molecule has 1 N–H and O–H groups in total. The summed E-state index contributed by atoms with van der Waals surface area (Å²) in [5.74, 6) is 0.557. The average Bonchev–Trinajstić information content (AvgIpc) is 2.75. The Kier molecular flexibility index (Phi) is 7.68. The Bertz CT molecular complexity index is 782. The van der Waals surface area contributed by atoms with Gasteiger partial charge in [0.25, 0.3) is 0 Å². The van der Waals surface area contributed by atoms with Crippen molar-refractivity contribution in [3.05, 3.63) is 65.7 Å². The van der Waals surface area contributed by atoms with Gasteiger partial charge in [-0.3, -0.25) is 4.79 Å². The minimum absolute atomic E-state index is 0.207. The molecule has 0 aliphatic carbocycles. The lowest BCUT2D eigenvalue weighted by Gasteiger charge is -2.32. The van der Waals surface area contributed by atoms with E-state index in [0.29, 0.717) is 31.1 Å². The molecular weight excluding hydrogens is 364 g/mol. The number of benzene rings is 2. The number of carbonyl (C=O) groups excluding carboxylic acids is 2. The van der Waals surface area contributed by atoms with Crippen molar-refractivity contribution in [1.82, 2.24) is 4.90 Å². The van der Waals surface area contributed by atoms with Crippen molar-refractivity contribution in [2.24, 2.45) is 5.92 Å². The molecule has 1 aliphatic heterocycles. The van der Waals surface area contributed by atoms with Crippen LogP contribution in [0.5, 0.6) is 0 Å². The van der Waals surface area contributed by atoms with Crippen LogP contribution in [0.15, 0.2) is 54.6 Å². The molecule has 0 aromatic heterocycles. The fraction of sp³-hybridized carbons (Fsp3) is 0.417. The summed E-state index contributed by atoms with van der Waals surface area (Å²) in [6.07, 6.45) is 3.72. The summed E-state index contributed by atoms with van der Waals surface area (Å²) in [4.78, 5) is 26.2. The monoisotopic (exact) mass is 394 g/mol. The van der Waals surface area contributed by atoms with Gasteiger partial charge in [-0.05, 0) is 61.9 Å². The van der Waals surface area contributed by atoms with Gasteiger partial charge in [0.2, 0.25) is 5.91 Å². The fourth-order valence-corrected chi connectivity index (χ4v) is 3.74. The molecule has 0 saturated carbocycles. The molecule has 0 unspecified atom stereocenters. The maximum Gasteiger partial charge on any atom is 0.338 e. The van der Waals surface area contributed by atoms with E-state index in [9.17, 15) is 9.59 Å². The standard InChI is InChI=1S/C24H30N2O3/c1-2-29-24(28)21-8-10-22(11-9-21)25-15-12-23(27)26-16-13-20(14-17-26)18-19-6-4-3-5-7-19/h3-11,20,25H,2,12-18H2,1H3. The number of amides is 1. The summed E-state index contributed by atoms with van der Waals surface area (Å²) in [6, 6.07) is 17.7. The second kappa shape index (κ2) is 10.6. The summed E-state index contributed by atoms with van der Waals surface area (Å²) in [5.41, 5.74) is 2.81. The zero-order valence-electron chi connectivity index (χ0n) is 17.1. The van der Waals surface area contributed by atoms with E-state index in [2.05, 4.69) is 29.6 Å². The Labute approximate surface area is 173 Å². The first-order valence-electron chi connectivity index (χ1n) is 10.5. The highest BCUT2D eigenvalue weighted by molar-refractivity contribution is 5.89. The number of hydrogen-bond donors (Lipinski definition) is 1. The van der Waals surface area contributed by atoms with Gasteiger partial charge in [0.05, 0.1) is 12.2 Å². The number of ether oxygens (including phenoxy) is 1. The summed E-state index contributed by atoms with van der Waals surface area (Å²) in [7, 11) is 0. The van der Waals surface area contributed by atoms with Crippen molar-refractivity contribution in [2.75, 3.05) is 31.6 Å². The Hall–Kier alpha value is -2.82. The van der Waals surface area contributed by atoms with E-state index in [1.807, 2.05) is 23.1 Å². The van der Waals surface area contributed by atoms with Crippen LogP contribution in [0.3, 0.4) is 0 Å². The van der Waals surface area contributed by atoms with Crippen molar-refractivity contribution < 1.29 is 14.3 Å². The van der Waals surface area contributed by atoms with Crippen LogP contribution in [-0.2, 0) is 16.0 Å². The van der Waals surface area contributed by atoms with E-state index in [0.717, 1.165) is 38.0 Å². The van der Waals surface area contributed by atoms with Gasteiger partial charge in [0.15, 0.2) is 0 Å². The van der Waals surface area contributed by atoms with E-state index in [-0.39, 0.29) is 11.9 Å². The van der Waals surface area contributed by atoms with Crippen molar-refractivity contribution in [2.45, 2.75) is 32.6 Å². The highest BCUT2D eigenvalue weighted by Gasteiger charge is 2.22. The Balaban J connectivity index is 1.36. The smallest absolute Gasteiger partial charge is 0.338 e. The summed E-state index contributed by atoms with van der Waals surface area (Å²) < 4.78 is 4.98. The lowest BCUT2D eigenvalue weighted by atomic mass is 9.90. The topological polar surface area (TPSA) is 58.6 Å². The number of piperidine rings is 1. The molecule has 2 aromatic carbocycles. The van der Waals surface area contributed by atoms with Crippen LogP contribution in [-0.4, -0.2) is 43.0 Å². The molecule has 1 fully saturated rings. The molecule has 1 heterocycles. The maximum absolute atomic E-state index is 12.5. The van der Waals surface area contributed by atoms with Crippen LogP contribution in [0.25, 0.3) is 0 Å². The van der Waals surface area contributed by atoms with Crippen molar-refractivity contribution >= 4 is 17.6 Å². The van der Waals surface area contributed by atoms with Gasteiger partial charge in [-0.15, -0.1) is 0 Å². The highest BCUT2D eigenvalue weighted by Crippen LogP contribution is 2.22. The highest BCUT2D eigenvalue weighted by atomic mass is 16.5. The third-order valence-corrected chi connectivity index (χ3v) is 5.40. The summed E-state index contributed by atoms with van der Waals surface area (Å²) in [6.45, 7) is 4.44. The van der Waals surface area contributed by atoms with Gasteiger partial charge in [-0.25, -0.2) is 4.79 Å². The van der Waals surface area contributed by atoms with Gasteiger partial charge in [0, 0.05) is 31.7 Å². The molecule has 5 heteroatoms. The van der Waals surface area contributed by atoms with Gasteiger partial charge >= 0.3 is 5.97 Å². The van der Waals surface area contributed by atoms with Crippen LogP contribution in [0.1, 0.15) is 42.1 Å². The van der Waals surface area contributed by atoms with Gasteiger partial charge < -0.3 is 15.0 Å². The van der Waals surface area contributed by atoms with Gasteiger partial charge in [-0.2, -0.15) is 0 Å². The number of carbonyl (C=O) groups is 2. The average molecular weight is 395 g/mol. The molecule has 0 atom stereocenters. The quantitative estimate of drug-likeness (QED) is 0.684. The van der Waals surface area contributed by atoms with E-state index >= 15 is 0 Å². The number of anilines is 1. The van der Waals surface area contributed by atoms with Gasteiger partial charge in [-0.1, -0.05) is 30.3 Å². The normalized spacial score (nSPS) is 14.4. The van der Waals surface area contributed by atoms with Gasteiger partial charge in [0.1, 0.15) is 0 Å². The maximum atomic E-state index is 12.5. The first-order valence-corrected chi connectivity index (χ1v) is 10.5. The van der Waals surface area contributed by atoms with E-state index < -0.39 is 0 Å². The minimum atomic E-state index is -0.315. The molecule has 0 spiro atoms. The van der Waals surface area contributed by atoms with E-state index in [1.54, 1.807) is 19.1 Å². The van der Waals surface area contributed by atoms with Crippen LogP contribution >= 0.6 is 0 Å². The SMILES string of the molecule is CCOC(=O)c1ccc(NCCC(=O)N2CCC(Cc3ccccc3)CC2)cc1. The lowest BCUT2D eigenvalue weighted by Crippen LogP contribution is -2.39. The molecule has 5 nitrogen and oxygen atoms in total. The largest absolute Gasteiger partial charge is 0.462 e. The summed E-state index contributed by atoms with van der Waals surface area (Å²) in [5, 5.41) is 3.25. The molecule has 0 radical (unpaired) electrons. The molecule has 3 rings (SSSR count). The Morgan fingerprint density at radius 3 is 2.38 bits per heavy atom. The Morgan fingerprint density at radius 2 is 1.72 bits per heavy atom.